The Balaban J connectivity index is 1.50. The molecule has 1 aromatic rings. The number of likely N-dealkylation sites (N-methyl/N-ethyl adjacent to an activating group) is 1. The van der Waals surface area contributed by atoms with Crippen LogP contribution < -0.4 is 15.5 Å². The largest absolute Gasteiger partial charge is 0.354 e. The Hall–Kier alpha value is -2.35. The highest BCUT2D eigenvalue weighted by Crippen LogP contribution is 2.15. The second-order valence-electron chi connectivity index (χ2n) is 7.56. The summed E-state index contributed by atoms with van der Waals surface area (Å²) >= 11 is 0. The van der Waals surface area contributed by atoms with Gasteiger partial charge in [0.2, 0.25) is 5.91 Å². The summed E-state index contributed by atoms with van der Waals surface area (Å²) < 4.78 is 0. The van der Waals surface area contributed by atoms with Crippen LogP contribution in [0.25, 0.3) is 0 Å². The second-order valence-corrected chi connectivity index (χ2v) is 7.56. The number of hydrogen-bond donors (Lipinski definition) is 2. The zero-order valence-corrected chi connectivity index (χ0v) is 17.3. The van der Waals surface area contributed by atoms with Crippen molar-refractivity contribution < 1.29 is 4.79 Å². The number of piperazine rings is 1. The monoisotopic (exact) mass is 387 g/mol. The number of aliphatic imine (C=N–C) groups is 1. The summed E-state index contributed by atoms with van der Waals surface area (Å²) in [6.07, 6.45) is 3.40. The van der Waals surface area contributed by atoms with E-state index in [1.54, 1.807) is 7.05 Å². The Morgan fingerprint density at radius 1 is 1.29 bits per heavy atom. The van der Waals surface area contributed by atoms with E-state index in [4.69, 9.17) is 0 Å². The fourth-order valence-electron chi connectivity index (χ4n) is 3.68. The number of carbonyl (C=O) groups excluding carboxylic acids is 1. The predicted octanol–water partition coefficient (Wildman–Crippen LogP) is 0.509. The van der Waals surface area contributed by atoms with Crippen LogP contribution in [0.3, 0.4) is 0 Å². The van der Waals surface area contributed by atoms with Gasteiger partial charge in [-0.3, -0.25) is 9.79 Å². The lowest BCUT2D eigenvalue weighted by Gasteiger charge is -2.33. The van der Waals surface area contributed by atoms with Crippen molar-refractivity contribution >= 4 is 17.7 Å². The molecule has 2 fully saturated rings. The van der Waals surface area contributed by atoms with Crippen LogP contribution >= 0.6 is 0 Å². The van der Waals surface area contributed by atoms with Crippen molar-refractivity contribution in [3.05, 3.63) is 23.9 Å². The smallest absolute Gasteiger partial charge is 0.222 e. The Morgan fingerprint density at radius 2 is 2.07 bits per heavy atom. The van der Waals surface area contributed by atoms with Crippen LogP contribution in [0.15, 0.2) is 23.3 Å². The SMILES string of the molecule is CCC(=O)N1CCC(NC(=NC)NCc2ccnc(N3CCN(C)CC3)c2)C1. The average Bonchev–Trinajstić information content (AvgIpc) is 3.20. The van der Waals surface area contributed by atoms with E-state index < -0.39 is 0 Å². The van der Waals surface area contributed by atoms with E-state index in [0.717, 1.165) is 57.5 Å². The van der Waals surface area contributed by atoms with Crippen LogP contribution in [0.1, 0.15) is 25.3 Å². The fourth-order valence-corrected chi connectivity index (χ4v) is 3.68. The third-order valence-corrected chi connectivity index (χ3v) is 5.51. The Kier molecular flexibility index (Phi) is 7.08. The molecular formula is C20H33N7O. The maximum absolute atomic E-state index is 11.8. The number of hydrogen-bond acceptors (Lipinski definition) is 5. The molecule has 2 aliphatic heterocycles. The van der Waals surface area contributed by atoms with Crippen LogP contribution in [0.2, 0.25) is 0 Å². The number of anilines is 1. The number of aromatic nitrogens is 1. The maximum Gasteiger partial charge on any atom is 0.222 e. The summed E-state index contributed by atoms with van der Waals surface area (Å²) in [6, 6.07) is 4.44. The van der Waals surface area contributed by atoms with Crippen LogP contribution in [-0.2, 0) is 11.3 Å². The number of nitrogens with zero attached hydrogens (tertiary/aromatic N) is 5. The molecule has 3 rings (SSSR count). The molecule has 3 heterocycles. The summed E-state index contributed by atoms with van der Waals surface area (Å²) in [5, 5.41) is 6.83. The minimum absolute atomic E-state index is 0.223. The van der Waals surface area contributed by atoms with Gasteiger partial charge in [0.15, 0.2) is 5.96 Å². The number of pyridine rings is 1. The minimum atomic E-state index is 0.223. The summed E-state index contributed by atoms with van der Waals surface area (Å²) in [7, 11) is 3.94. The lowest BCUT2D eigenvalue weighted by molar-refractivity contribution is -0.129. The molecule has 0 aliphatic carbocycles. The van der Waals surface area contributed by atoms with E-state index in [2.05, 4.69) is 43.5 Å². The van der Waals surface area contributed by atoms with Gasteiger partial charge in [-0.1, -0.05) is 6.92 Å². The number of rotatable bonds is 5. The first-order valence-corrected chi connectivity index (χ1v) is 10.2. The summed E-state index contributed by atoms with van der Waals surface area (Å²) in [5.74, 6) is 2.04. The number of amides is 1. The zero-order valence-electron chi connectivity index (χ0n) is 17.3. The lowest BCUT2D eigenvalue weighted by Crippen LogP contribution is -2.45. The molecule has 0 spiro atoms. The molecule has 2 N–H and O–H groups in total. The van der Waals surface area contributed by atoms with Crippen molar-refractivity contribution in [3.8, 4) is 0 Å². The normalized spacial score (nSPS) is 21.1. The molecule has 154 valence electrons. The van der Waals surface area contributed by atoms with E-state index in [1.165, 1.54) is 5.56 Å². The number of carbonyl (C=O) groups is 1. The molecule has 1 unspecified atom stereocenters. The van der Waals surface area contributed by atoms with Crippen molar-refractivity contribution in [1.29, 1.82) is 0 Å². The van der Waals surface area contributed by atoms with Gasteiger partial charge in [-0.15, -0.1) is 0 Å². The highest BCUT2D eigenvalue weighted by Gasteiger charge is 2.25. The van der Waals surface area contributed by atoms with Crippen molar-refractivity contribution in [2.24, 2.45) is 4.99 Å². The van der Waals surface area contributed by atoms with E-state index in [1.807, 2.05) is 24.1 Å². The van der Waals surface area contributed by atoms with Crippen molar-refractivity contribution in [3.63, 3.8) is 0 Å². The van der Waals surface area contributed by atoms with Gasteiger partial charge in [0, 0.05) is 71.5 Å². The quantitative estimate of drug-likeness (QED) is 0.566. The lowest BCUT2D eigenvalue weighted by atomic mass is 10.2. The predicted molar refractivity (Wildman–Crippen MR) is 113 cm³/mol. The standard InChI is InChI=1S/C20H33N7O/c1-4-19(28)27-8-6-17(15-27)24-20(21-2)23-14-16-5-7-22-18(13-16)26-11-9-25(3)10-12-26/h5,7,13,17H,4,6,8-12,14-15H2,1-3H3,(H2,21,23,24). The van der Waals surface area contributed by atoms with E-state index in [9.17, 15) is 4.79 Å². The Morgan fingerprint density at radius 3 is 2.79 bits per heavy atom. The molecule has 28 heavy (non-hydrogen) atoms. The number of nitrogens with one attached hydrogen (secondary N) is 2. The number of guanidine groups is 1. The highest BCUT2D eigenvalue weighted by atomic mass is 16.2. The summed E-state index contributed by atoms with van der Waals surface area (Å²) in [5.41, 5.74) is 1.18. The molecule has 0 radical (unpaired) electrons. The maximum atomic E-state index is 11.8. The van der Waals surface area contributed by atoms with Gasteiger partial charge in [0.25, 0.3) is 0 Å². The third kappa shape index (κ3) is 5.34. The minimum Gasteiger partial charge on any atom is -0.354 e. The van der Waals surface area contributed by atoms with Crippen molar-refractivity contribution in [1.82, 2.24) is 25.4 Å². The second kappa shape index (κ2) is 9.73. The molecule has 2 aliphatic rings. The molecule has 1 atom stereocenters. The summed E-state index contributed by atoms with van der Waals surface area (Å²) in [4.78, 5) is 27.3. The zero-order chi connectivity index (χ0) is 19.9. The Labute approximate surface area is 168 Å². The number of likely N-dealkylation sites (tertiary alicyclic amines) is 1. The molecule has 1 amide bonds. The van der Waals surface area contributed by atoms with Gasteiger partial charge in [0.1, 0.15) is 5.82 Å². The van der Waals surface area contributed by atoms with E-state index in [-0.39, 0.29) is 11.9 Å². The Bertz CT molecular complexity index is 685. The van der Waals surface area contributed by atoms with E-state index >= 15 is 0 Å². The van der Waals surface area contributed by atoms with Gasteiger partial charge in [0.05, 0.1) is 0 Å². The van der Waals surface area contributed by atoms with Crippen LogP contribution in [0, 0.1) is 0 Å². The first kappa shape index (κ1) is 20.4. The fraction of sp³-hybridized carbons (Fsp3) is 0.650. The van der Waals surface area contributed by atoms with Crippen molar-refractivity contribution in [2.75, 3.05) is 58.3 Å². The first-order valence-electron chi connectivity index (χ1n) is 10.2. The van der Waals surface area contributed by atoms with Crippen LogP contribution in [-0.4, -0.2) is 86.1 Å². The molecule has 1 aromatic heterocycles. The van der Waals surface area contributed by atoms with Crippen LogP contribution in [0.5, 0.6) is 0 Å². The van der Waals surface area contributed by atoms with Gasteiger partial charge >= 0.3 is 0 Å². The molecule has 2 saturated heterocycles. The topological polar surface area (TPSA) is 76.1 Å². The molecular weight excluding hydrogens is 354 g/mol. The van der Waals surface area contributed by atoms with Crippen molar-refractivity contribution in [2.45, 2.75) is 32.4 Å². The molecule has 0 bridgehead atoms. The van der Waals surface area contributed by atoms with E-state index in [0.29, 0.717) is 13.0 Å². The van der Waals surface area contributed by atoms with Gasteiger partial charge < -0.3 is 25.3 Å². The molecule has 8 heteroatoms. The molecule has 0 aromatic carbocycles. The molecule has 8 nitrogen and oxygen atoms in total. The first-order chi connectivity index (χ1) is 13.6. The molecule has 0 saturated carbocycles. The summed E-state index contributed by atoms with van der Waals surface area (Å²) in [6.45, 7) is 8.33. The van der Waals surface area contributed by atoms with Crippen LogP contribution in [0.4, 0.5) is 5.82 Å². The van der Waals surface area contributed by atoms with Gasteiger partial charge in [-0.25, -0.2) is 4.98 Å². The highest BCUT2D eigenvalue weighted by molar-refractivity contribution is 5.80. The van der Waals surface area contributed by atoms with Gasteiger partial charge in [-0.05, 0) is 31.2 Å². The average molecular weight is 388 g/mol. The van der Waals surface area contributed by atoms with Gasteiger partial charge in [-0.2, -0.15) is 0 Å². The third-order valence-electron chi connectivity index (χ3n) is 5.51.